The number of rotatable bonds is 0. The Morgan fingerprint density at radius 2 is 1.68 bits per heavy atom. The van der Waals surface area contributed by atoms with Crippen molar-refractivity contribution in [2.24, 2.45) is 4.99 Å². The summed E-state index contributed by atoms with van der Waals surface area (Å²) < 4.78 is 1.10. The maximum atomic E-state index is 11.1. The van der Waals surface area contributed by atoms with Crippen molar-refractivity contribution >= 4 is 23.7 Å². The van der Waals surface area contributed by atoms with Crippen molar-refractivity contribution in [1.29, 1.82) is 0 Å². The first-order chi connectivity index (χ1) is 7.63. The van der Waals surface area contributed by atoms with E-state index >= 15 is 0 Å². The number of anilines is 1. The molecule has 19 heavy (non-hydrogen) atoms. The maximum absolute atomic E-state index is 11.1. The smallest absolute Gasteiger partial charge is 0.846 e. The fourth-order valence-corrected chi connectivity index (χ4v) is 1.27. The summed E-state index contributed by atoms with van der Waals surface area (Å²) in [5.74, 6) is -0.507. The Morgan fingerprint density at radius 3 is 2.37 bits per heavy atom. The summed E-state index contributed by atoms with van der Waals surface area (Å²) in [5.41, 5.74) is -0.860. The third-order valence-electron chi connectivity index (χ3n) is 1.82. The first kappa shape index (κ1) is 21.1. The van der Waals surface area contributed by atoms with Crippen LogP contribution in [0, 0.1) is 0 Å². The summed E-state index contributed by atoms with van der Waals surface area (Å²) in [6, 6.07) is -1.64. The van der Waals surface area contributed by atoms with Crippen molar-refractivity contribution in [2.45, 2.75) is 0 Å². The van der Waals surface area contributed by atoms with Crippen LogP contribution in [0.25, 0.3) is 5.78 Å². The van der Waals surface area contributed by atoms with Crippen molar-refractivity contribution in [3.05, 3.63) is 10.5 Å². The van der Waals surface area contributed by atoms with Crippen molar-refractivity contribution in [3.63, 3.8) is 0 Å². The van der Waals surface area contributed by atoms with E-state index in [1.165, 1.54) is 0 Å². The minimum Gasteiger partial charge on any atom is -0.846 e. The van der Waals surface area contributed by atoms with Crippen LogP contribution in [-0.2, 0) is 0 Å². The summed E-state index contributed by atoms with van der Waals surface area (Å²) in [7, 11) is 0. The molecule has 0 amide bonds. The average Bonchev–Trinajstić information content (AvgIpc) is 2.14. The number of nitrogens with one attached hydrogen (secondary N) is 1. The van der Waals surface area contributed by atoms with Crippen LogP contribution in [0.1, 0.15) is 0 Å². The zero-order valence-corrected chi connectivity index (χ0v) is 19.8. The molecule has 1 N–H and O–H groups in total. The van der Waals surface area contributed by atoms with Gasteiger partial charge in [0.25, 0.3) is 0 Å². The Hall–Kier alpha value is 2.13. The van der Waals surface area contributed by atoms with E-state index in [2.05, 4.69) is 30.2 Å². The standard InChI is InChI=1S/C6H3N7O3.3K/c14-4-7-1-8-5(15)10-3-12-6(16)11-2(9-4)13(1)3;;;/h(H3,7,8,9,10,11,12,14,15,16);;;/q;3*+1/p-2. The molecule has 10 nitrogen and oxygen atoms in total. The van der Waals surface area contributed by atoms with E-state index in [1.54, 1.807) is 0 Å². The summed E-state index contributed by atoms with van der Waals surface area (Å²) >= 11 is 0. The molecule has 3 rings (SSSR count). The Morgan fingerprint density at radius 1 is 1.00 bits per heavy atom. The quantitative estimate of drug-likeness (QED) is 0.467. The molecule has 0 fully saturated rings. The van der Waals surface area contributed by atoms with Crippen molar-refractivity contribution < 1.29 is 164 Å². The molecule has 0 spiro atoms. The van der Waals surface area contributed by atoms with Gasteiger partial charge in [-0.1, -0.05) is 0 Å². The molecule has 0 atom stereocenters. The minimum absolute atomic E-state index is 0. The second-order valence-electron chi connectivity index (χ2n) is 2.81. The predicted octanol–water partition coefficient (Wildman–Crippen LogP) is -12.3. The minimum atomic E-state index is -0.877. The fraction of sp³-hybridized carbons (Fsp3) is 0. The number of hydrogen-bond acceptors (Lipinski definition) is 9. The first-order valence-electron chi connectivity index (χ1n) is 4.02. The average molecular weight is 336 g/mol. The zero-order chi connectivity index (χ0) is 11.3. The molecule has 0 bridgehead atoms. The van der Waals surface area contributed by atoms with Gasteiger partial charge in [0.05, 0.1) is 12.0 Å². The molecule has 0 aromatic carbocycles. The van der Waals surface area contributed by atoms with Crippen molar-refractivity contribution in [1.82, 2.24) is 24.3 Å². The van der Waals surface area contributed by atoms with Gasteiger partial charge in [-0.3, -0.25) is 0 Å². The largest absolute Gasteiger partial charge is 1.00 e. The number of aliphatic imine (C=N–C) groups is 1. The van der Waals surface area contributed by atoms with E-state index < -0.39 is 17.7 Å². The SMILES string of the molecule is O=c1nc2n3c(nc([O-])nc3n1)N=C([O-])N2.[K+].[K+].[K+]. The summed E-state index contributed by atoms with van der Waals surface area (Å²) in [6.07, 6.45) is 0. The first-order valence-corrected chi connectivity index (χ1v) is 4.02. The molecular formula is C6HK3N7O3+. The van der Waals surface area contributed by atoms with Gasteiger partial charge in [-0.15, -0.1) is 0 Å². The Balaban J connectivity index is 0.00000108. The topological polar surface area (TPSA) is 144 Å². The molecule has 0 saturated carbocycles. The molecular weight excluding hydrogens is 335 g/mol. The van der Waals surface area contributed by atoms with E-state index in [0.29, 0.717) is 0 Å². The van der Waals surface area contributed by atoms with Crippen LogP contribution < -0.4 is 175 Å². The fourth-order valence-electron chi connectivity index (χ4n) is 1.27. The molecule has 13 heteroatoms. The number of hydrogen-bond donors (Lipinski definition) is 1. The molecule has 0 unspecified atom stereocenters. The monoisotopic (exact) mass is 336 g/mol. The van der Waals surface area contributed by atoms with Crippen LogP contribution in [0.15, 0.2) is 9.79 Å². The predicted molar refractivity (Wildman–Crippen MR) is 45.0 cm³/mol. The molecule has 3 heterocycles. The molecule has 2 aromatic heterocycles. The summed E-state index contributed by atoms with van der Waals surface area (Å²) in [6.45, 7) is 0. The van der Waals surface area contributed by atoms with Gasteiger partial charge in [0, 0.05) is 0 Å². The summed E-state index contributed by atoms with van der Waals surface area (Å²) in [4.78, 5) is 28.1. The van der Waals surface area contributed by atoms with E-state index in [4.69, 9.17) is 0 Å². The van der Waals surface area contributed by atoms with Crippen LogP contribution in [0.5, 0.6) is 6.01 Å². The third kappa shape index (κ3) is 4.55. The number of nitrogens with zero attached hydrogens (tertiary/aromatic N) is 6. The van der Waals surface area contributed by atoms with Gasteiger partial charge in [0.1, 0.15) is 0 Å². The van der Waals surface area contributed by atoms with E-state index in [9.17, 15) is 15.0 Å². The van der Waals surface area contributed by atoms with Gasteiger partial charge in [0.2, 0.25) is 17.7 Å². The normalized spacial score (nSPS) is 11.3. The van der Waals surface area contributed by atoms with Crippen LogP contribution >= 0.6 is 0 Å². The van der Waals surface area contributed by atoms with Gasteiger partial charge in [-0.2, -0.15) is 9.97 Å². The van der Waals surface area contributed by atoms with Crippen molar-refractivity contribution in [3.8, 4) is 6.01 Å². The van der Waals surface area contributed by atoms with E-state index in [1.807, 2.05) is 0 Å². The van der Waals surface area contributed by atoms with Gasteiger partial charge >= 0.3 is 160 Å². The van der Waals surface area contributed by atoms with Gasteiger partial charge in [0.15, 0.2) is 0 Å². The Kier molecular flexibility index (Phi) is 9.65. The molecule has 1 aliphatic heterocycles. The Bertz CT molecular complexity index is 702. The molecule has 0 radical (unpaired) electrons. The van der Waals surface area contributed by atoms with Crippen LogP contribution in [0.3, 0.4) is 0 Å². The van der Waals surface area contributed by atoms with Gasteiger partial charge in [-0.25, -0.2) is 24.2 Å². The molecule has 1 aliphatic rings. The molecule has 2 aromatic rings. The van der Waals surface area contributed by atoms with Crippen LogP contribution in [0.2, 0.25) is 0 Å². The third-order valence-corrected chi connectivity index (χ3v) is 1.82. The van der Waals surface area contributed by atoms with Gasteiger partial charge in [-0.05, 0) is 0 Å². The zero-order valence-electron chi connectivity index (χ0n) is 10.4. The molecule has 0 aliphatic carbocycles. The maximum Gasteiger partial charge on any atom is 1.00 e. The van der Waals surface area contributed by atoms with E-state index in [0.717, 1.165) is 4.40 Å². The second-order valence-corrected chi connectivity index (χ2v) is 2.81. The Labute approximate surface area is 233 Å². The second kappa shape index (κ2) is 8.68. The molecule has 0 saturated heterocycles. The van der Waals surface area contributed by atoms with Gasteiger partial charge < -0.3 is 15.5 Å². The molecule has 80 valence electrons. The van der Waals surface area contributed by atoms with E-state index in [-0.39, 0.29) is 172 Å². The number of amidine groups is 1. The van der Waals surface area contributed by atoms with Crippen molar-refractivity contribution in [2.75, 3.05) is 5.32 Å². The van der Waals surface area contributed by atoms with Crippen LogP contribution in [-0.4, -0.2) is 30.4 Å². The summed E-state index contributed by atoms with van der Waals surface area (Å²) in [5, 5.41) is 24.3. The number of aromatic nitrogens is 5. The van der Waals surface area contributed by atoms with Crippen LogP contribution in [0.4, 0.5) is 11.9 Å².